The van der Waals surface area contributed by atoms with Gasteiger partial charge in [-0.1, -0.05) is 6.07 Å². The number of pyridine rings is 2. The van der Waals surface area contributed by atoms with Crippen molar-refractivity contribution in [2.45, 2.75) is 18.9 Å². The summed E-state index contributed by atoms with van der Waals surface area (Å²) in [5.74, 6) is 1.93. The zero-order valence-electron chi connectivity index (χ0n) is 17.9. The predicted octanol–water partition coefficient (Wildman–Crippen LogP) is 2.63. The van der Waals surface area contributed by atoms with E-state index in [9.17, 15) is 4.79 Å². The molecule has 4 aromatic heterocycles. The Bertz CT molecular complexity index is 1300. The topological polar surface area (TPSA) is 95.6 Å². The van der Waals surface area contributed by atoms with Crippen LogP contribution < -0.4 is 20.3 Å². The zero-order chi connectivity index (χ0) is 22.1. The van der Waals surface area contributed by atoms with Crippen molar-refractivity contribution in [3.8, 4) is 11.6 Å². The molecular weight excluding hydrogens is 408 g/mol. The van der Waals surface area contributed by atoms with Crippen molar-refractivity contribution in [2.24, 2.45) is 13.0 Å². The molecule has 1 fully saturated rings. The van der Waals surface area contributed by atoms with Crippen LogP contribution in [0.2, 0.25) is 0 Å². The average molecular weight is 432 g/mol. The molecule has 0 aromatic carbocycles. The minimum atomic E-state index is -0.208. The Morgan fingerprint density at radius 2 is 2.12 bits per heavy atom. The largest absolute Gasteiger partial charge is 0.495 e. The molecule has 0 spiro atoms. The second kappa shape index (κ2) is 8.33. The summed E-state index contributed by atoms with van der Waals surface area (Å²) in [5.41, 5.74) is 3.27. The van der Waals surface area contributed by atoms with Crippen molar-refractivity contribution >= 4 is 11.2 Å². The standard InChI is InChI=1S/C23H24N6O3/c1-28-23(30)20(24-11-16-12-26-29-8-4-3-5-21(16)29)10-22(27-28)32-14-15-9-18(15)19-7-6-17(31-2)13-25-19/h3-8,10,12-13,15,18,24H,9,11,14H2,1-2H3/t15-,18+/m1/s1. The fraction of sp³-hybridized carbons (Fsp3) is 0.304. The van der Waals surface area contributed by atoms with Crippen LogP contribution in [0, 0.1) is 5.92 Å². The van der Waals surface area contributed by atoms with Gasteiger partial charge in [0.2, 0.25) is 5.88 Å². The Kier molecular flexibility index (Phi) is 5.22. The summed E-state index contributed by atoms with van der Waals surface area (Å²) in [5, 5.41) is 11.8. The number of nitrogens with one attached hydrogen (secondary N) is 1. The molecule has 2 atom stereocenters. The van der Waals surface area contributed by atoms with Crippen LogP contribution in [0.1, 0.15) is 23.6 Å². The maximum atomic E-state index is 12.5. The van der Waals surface area contributed by atoms with Crippen LogP contribution >= 0.6 is 0 Å². The molecule has 0 aliphatic heterocycles. The first-order chi connectivity index (χ1) is 15.6. The van der Waals surface area contributed by atoms with Crippen molar-refractivity contribution in [3.63, 3.8) is 0 Å². The normalized spacial score (nSPS) is 17.3. The van der Waals surface area contributed by atoms with Crippen LogP contribution in [-0.4, -0.2) is 38.1 Å². The van der Waals surface area contributed by atoms with Gasteiger partial charge in [0.25, 0.3) is 5.56 Å². The molecule has 164 valence electrons. The molecule has 1 N–H and O–H groups in total. The van der Waals surface area contributed by atoms with E-state index in [0.29, 0.717) is 36.6 Å². The van der Waals surface area contributed by atoms with Crippen LogP contribution in [0.25, 0.3) is 5.52 Å². The number of hydrogen-bond acceptors (Lipinski definition) is 7. The lowest BCUT2D eigenvalue weighted by atomic mass is 10.2. The van der Waals surface area contributed by atoms with E-state index >= 15 is 0 Å². The molecule has 0 unspecified atom stereocenters. The van der Waals surface area contributed by atoms with Gasteiger partial charge in [0.05, 0.1) is 31.6 Å². The lowest BCUT2D eigenvalue weighted by Gasteiger charge is -2.10. The summed E-state index contributed by atoms with van der Waals surface area (Å²) >= 11 is 0. The molecule has 9 nitrogen and oxygen atoms in total. The SMILES string of the molecule is COc1ccc([C@H]2C[C@@H]2COc2cc(NCc3cnn4ccccc34)c(=O)n(C)n2)nc1. The summed E-state index contributed by atoms with van der Waals surface area (Å²) in [6.45, 7) is 0.997. The van der Waals surface area contributed by atoms with E-state index in [2.05, 4.69) is 20.5 Å². The molecule has 5 rings (SSSR count). The number of nitrogens with zero attached hydrogens (tertiary/aromatic N) is 5. The monoisotopic (exact) mass is 432 g/mol. The second-order valence-corrected chi connectivity index (χ2v) is 7.91. The van der Waals surface area contributed by atoms with Crippen LogP contribution in [-0.2, 0) is 13.6 Å². The Labute approximate surface area is 184 Å². The maximum Gasteiger partial charge on any atom is 0.290 e. The summed E-state index contributed by atoms with van der Waals surface area (Å²) < 4.78 is 14.2. The first kappa shape index (κ1) is 20.0. The van der Waals surface area contributed by atoms with Crippen molar-refractivity contribution in [1.82, 2.24) is 24.4 Å². The molecule has 0 bridgehead atoms. The van der Waals surface area contributed by atoms with Gasteiger partial charge in [0.1, 0.15) is 11.4 Å². The van der Waals surface area contributed by atoms with Gasteiger partial charge in [-0.05, 0) is 30.7 Å². The van der Waals surface area contributed by atoms with E-state index in [0.717, 1.165) is 28.9 Å². The Morgan fingerprint density at radius 3 is 2.94 bits per heavy atom. The first-order valence-corrected chi connectivity index (χ1v) is 10.5. The lowest BCUT2D eigenvalue weighted by Crippen LogP contribution is -2.24. The van der Waals surface area contributed by atoms with Crippen molar-refractivity contribution in [2.75, 3.05) is 19.0 Å². The zero-order valence-corrected chi connectivity index (χ0v) is 17.9. The fourth-order valence-electron chi connectivity index (χ4n) is 3.81. The summed E-state index contributed by atoms with van der Waals surface area (Å²) in [7, 11) is 3.25. The van der Waals surface area contributed by atoms with E-state index in [-0.39, 0.29) is 5.56 Å². The van der Waals surface area contributed by atoms with E-state index in [1.54, 1.807) is 37.1 Å². The second-order valence-electron chi connectivity index (χ2n) is 7.91. The van der Waals surface area contributed by atoms with E-state index in [1.165, 1.54) is 4.68 Å². The molecule has 1 aliphatic carbocycles. The van der Waals surface area contributed by atoms with E-state index in [4.69, 9.17) is 9.47 Å². The highest BCUT2D eigenvalue weighted by Gasteiger charge is 2.40. The van der Waals surface area contributed by atoms with Crippen LogP contribution in [0.4, 0.5) is 5.69 Å². The number of hydrogen-bond donors (Lipinski definition) is 1. The highest BCUT2D eigenvalue weighted by Crippen LogP contribution is 2.46. The highest BCUT2D eigenvalue weighted by molar-refractivity contribution is 5.55. The fourth-order valence-corrected chi connectivity index (χ4v) is 3.81. The smallest absolute Gasteiger partial charge is 0.290 e. The molecule has 32 heavy (non-hydrogen) atoms. The number of aromatic nitrogens is 5. The van der Waals surface area contributed by atoms with Gasteiger partial charge in [0, 0.05) is 48.9 Å². The summed E-state index contributed by atoms with van der Waals surface area (Å²) in [4.78, 5) is 17.0. The molecule has 4 aromatic rings. The van der Waals surface area contributed by atoms with Gasteiger partial charge < -0.3 is 14.8 Å². The number of anilines is 1. The first-order valence-electron chi connectivity index (χ1n) is 10.5. The van der Waals surface area contributed by atoms with Gasteiger partial charge in [-0.25, -0.2) is 9.20 Å². The number of methoxy groups -OCH3 is 1. The van der Waals surface area contributed by atoms with E-state index < -0.39 is 0 Å². The van der Waals surface area contributed by atoms with Crippen molar-refractivity contribution in [1.29, 1.82) is 0 Å². The Morgan fingerprint density at radius 1 is 1.22 bits per heavy atom. The third-order valence-electron chi connectivity index (χ3n) is 5.76. The van der Waals surface area contributed by atoms with Crippen LogP contribution in [0.3, 0.4) is 0 Å². The minimum absolute atomic E-state index is 0.208. The average Bonchev–Trinajstić information content (AvgIpc) is 3.49. The van der Waals surface area contributed by atoms with E-state index in [1.807, 2.05) is 36.5 Å². The van der Waals surface area contributed by atoms with Gasteiger partial charge in [-0.3, -0.25) is 9.78 Å². The maximum absolute atomic E-state index is 12.5. The number of fused-ring (bicyclic) bond motifs is 1. The van der Waals surface area contributed by atoms with Gasteiger partial charge >= 0.3 is 0 Å². The third kappa shape index (κ3) is 4.01. The number of aryl methyl sites for hydroxylation is 1. The molecule has 0 radical (unpaired) electrons. The molecule has 1 saturated carbocycles. The lowest BCUT2D eigenvalue weighted by molar-refractivity contribution is 0.278. The van der Waals surface area contributed by atoms with Gasteiger partial charge in [0.15, 0.2) is 0 Å². The Hall–Kier alpha value is -3.88. The van der Waals surface area contributed by atoms with Crippen molar-refractivity contribution in [3.05, 3.63) is 76.6 Å². The highest BCUT2D eigenvalue weighted by atomic mass is 16.5. The minimum Gasteiger partial charge on any atom is -0.495 e. The molecule has 4 heterocycles. The van der Waals surface area contributed by atoms with Gasteiger partial charge in [-0.2, -0.15) is 5.10 Å². The quantitative estimate of drug-likeness (QED) is 0.457. The molecule has 0 saturated heterocycles. The van der Waals surface area contributed by atoms with Crippen LogP contribution in [0.15, 0.2) is 59.8 Å². The predicted molar refractivity (Wildman–Crippen MR) is 119 cm³/mol. The Balaban J connectivity index is 1.23. The number of rotatable bonds is 8. The molecule has 9 heteroatoms. The summed E-state index contributed by atoms with van der Waals surface area (Å²) in [6.07, 6.45) is 6.45. The molecular formula is C23H24N6O3. The third-order valence-corrected chi connectivity index (χ3v) is 5.76. The summed E-state index contributed by atoms with van der Waals surface area (Å²) in [6, 6.07) is 11.5. The molecule has 0 amide bonds. The number of ether oxygens (including phenoxy) is 2. The van der Waals surface area contributed by atoms with Gasteiger partial charge in [-0.15, -0.1) is 5.10 Å². The molecule has 1 aliphatic rings. The van der Waals surface area contributed by atoms with Crippen molar-refractivity contribution < 1.29 is 9.47 Å². The van der Waals surface area contributed by atoms with Crippen LogP contribution in [0.5, 0.6) is 11.6 Å².